The molecule has 1 N–H and O–H groups in total. The predicted molar refractivity (Wildman–Crippen MR) is 91.7 cm³/mol. The molecule has 146 valence electrons. The molecule has 0 saturated heterocycles. The van der Waals surface area contributed by atoms with E-state index in [4.69, 9.17) is 4.84 Å². The highest BCUT2D eigenvalue weighted by atomic mass is 16.7. The zero-order valence-electron chi connectivity index (χ0n) is 15.5. The summed E-state index contributed by atoms with van der Waals surface area (Å²) in [7, 11) is 3.85. The topological polar surface area (TPSA) is 122 Å². The zero-order valence-corrected chi connectivity index (χ0v) is 15.5. The van der Waals surface area contributed by atoms with Crippen LogP contribution in [0.15, 0.2) is 4.79 Å². The number of hydrogen-bond donors (Lipinski definition) is 1. The van der Waals surface area contributed by atoms with Crippen LogP contribution in [0.2, 0.25) is 0 Å². The minimum atomic E-state index is -1.17. The molecule has 2 amide bonds. The second-order valence-corrected chi connectivity index (χ2v) is 7.18. The van der Waals surface area contributed by atoms with E-state index in [1.165, 1.54) is 18.7 Å². The number of likely N-dealkylation sites (N-methyl/N-ethyl adjacent to an activating group) is 2. The first-order valence-corrected chi connectivity index (χ1v) is 8.76. The molecule has 27 heavy (non-hydrogen) atoms. The third-order valence-electron chi connectivity index (χ3n) is 5.12. The molecule has 1 aromatic rings. The maximum Gasteiger partial charge on any atom is 0.385 e. The van der Waals surface area contributed by atoms with E-state index in [0.717, 1.165) is 37.6 Å². The SMILES string of the molecule is CN(C)C(=O)C(=O)N(C)OC(=O)c1nc2n(c(=O)c1O)CC1CCC2CC1. The van der Waals surface area contributed by atoms with Gasteiger partial charge in [-0.05, 0) is 31.6 Å². The van der Waals surface area contributed by atoms with Crippen molar-refractivity contribution < 1.29 is 24.3 Å². The van der Waals surface area contributed by atoms with Crippen LogP contribution in [0, 0.1) is 5.92 Å². The summed E-state index contributed by atoms with van der Waals surface area (Å²) < 4.78 is 1.44. The van der Waals surface area contributed by atoms with Gasteiger partial charge in [0.05, 0.1) is 0 Å². The Labute approximate surface area is 155 Å². The average molecular weight is 378 g/mol. The Kier molecular flexibility index (Phi) is 4.90. The maximum atomic E-state index is 12.6. The molecule has 10 heteroatoms. The Hall–Kier alpha value is -2.91. The molecule has 10 nitrogen and oxygen atoms in total. The first-order valence-electron chi connectivity index (χ1n) is 8.76. The summed E-state index contributed by atoms with van der Waals surface area (Å²) in [5, 5.41) is 10.6. The lowest BCUT2D eigenvalue weighted by Crippen LogP contribution is -2.41. The van der Waals surface area contributed by atoms with Crippen LogP contribution in [0.25, 0.3) is 0 Å². The van der Waals surface area contributed by atoms with Crippen molar-refractivity contribution in [1.29, 1.82) is 0 Å². The van der Waals surface area contributed by atoms with Crippen molar-refractivity contribution in [2.24, 2.45) is 5.92 Å². The van der Waals surface area contributed by atoms with Gasteiger partial charge in [-0.2, -0.15) is 5.06 Å². The van der Waals surface area contributed by atoms with Gasteiger partial charge in [0.2, 0.25) is 5.75 Å². The molecule has 1 fully saturated rings. The van der Waals surface area contributed by atoms with Crippen molar-refractivity contribution in [2.75, 3.05) is 21.1 Å². The van der Waals surface area contributed by atoms with E-state index in [1.54, 1.807) is 0 Å². The number of aromatic hydroxyl groups is 1. The van der Waals surface area contributed by atoms with Crippen molar-refractivity contribution in [3.05, 3.63) is 21.9 Å². The number of aromatic nitrogens is 2. The van der Waals surface area contributed by atoms with Crippen molar-refractivity contribution in [1.82, 2.24) is 19.5 Å². The first-order chi connectivity index (χ1) is 12.7. The van der Waals surface area contributed by atoms with Gasteiger partial charge in [0.1, 0.15) is 5.82 Å². The third-order valence-corrected chi connectivity index (χ3v) is 5.12. The Morgan fingerprint density at radius 3 is 2.33 bits per heavy atom. The van der Waals surface area contributed by atoms with Gasteiger partial charge in [-0.25, -0.2) is 9.78 Å². The lowest BCUT2D eigenvalue weighted by Gasteiger charge is -2.21. The lowest BCUT2D eigenvalue weighted by atomic mass is 9.83. The summed E-state index contributed by atoms with van der Waals surface area (Å²) in [6.07, 6.45) is 3.67. The highest BCUT2D eigenvalue weighted by molar-refractivity contribution is 6.34. The second kappa shape index (κ2) is 7.01. The van der Waals surface area contributed by atoms with Gasteiger partial charge < -0.3 is 14.8 Å². The second-order valence-electron chi connectivity index (χ2n) is 7.18. The van der Waals surface area contributed by atoms with Gasteiger partial charge >= 0.3 is 17.8 Å². The summed E-state index contributed by atoms with van der Waals surface area (Å²) >= 11 is 0. The Morgan fingerprint density at radius 1 is 1.11 bits per heavy atom. The fourth-order valence-electron chi connectivity index (χ4n) is 3.59. The summed E-state index contributed by atoms with van der Waals surface area (Å²) in [6, 6.07) is 0. The molecule has 0 aromatic carbocycles. The number of nitrogens with zero attached hydrogens (tertiary/aromatic N) is 4. The standard InChI is InChI=1S/C17H22N4O6/c1-19(2)15(24)16(25)20(3)27-17(26)11-12(22)14(23)21-8-9-4-6-10(7-5-9)13(21)18-11/h9-10,22H,4-8H2,1-3H3. The Morgan fingerprint density at radius 2 is 1.74 bits per heavy atom. The van der Waals surface area contributed by atoms with E-state index in [2.05, 4.69) is 4.98 Å². The van der Waals surface area contributed by atoms with Crippen molar-refractivity contribution in [3.63, 3.8) is 0 Å². The number of rotatable bonds is 1. The summed E-state index contributed by atoms with van der Waals surface area (Å²) in [6.45, 7) is 0.469. The summed E-state index contributed by atoms with van der Waals surface area (Å²) in [5.41, 5.74) is -1.24. The molecule has 1 saturated carbocycles. The molecule has 4 rings (SSSR count). The molecule has 3 heterocycles. The molecule has 3 aliphatic rings. The zero-order chi connectivity index (χ0) is 19.9. The normalized spacial score (nSPS) is 20.4. The number of hydrogen-bond acceptors (Lipinski definition) is 7. The van der Waals surface area contributed by atoms with Gasteiger partial charge in [0.15, 0.2) is 5.69 Å². The van der Waals surface area contributed by atoms with E-state index in [9.17, 15) is 24.3 Å². The minimum absolute atomic E-state index is 0.0401. The number of hydroxylamine groups is 2. The van der Waals surface area contributed by atoms with Crippen LogP contribution in [0.3, 0.4) is 0 Å². The number of carbonyl (C=O) groups excluding carboxylic acids is 3. The predicted octanol–water partition coefficient (Wildman–Crippen LogP) is -0.145. The maximum absolute atomic E-state index is 12.6. The highest BCUT2D eigenvalue weighted by Gasteiger charge is 2.34. The molecule has 2 bridgehead atoms. The van der Waals surface area contributed by atoms with Crippen LogP contribution >= 0.6 is 0 Å². The molecule has 2 aliphatic heterocycles. The molecule has 0 unspecified atom stereocenters. The average Bonchev–Trinajstić information content (AvgIpc) is 2.92. The van der Waals surface area contributed by atoms with E-state index < -0.39 is 34.8 Å². The van der Waals surface area contributed by atoms with Crippen LogP contribution in [-0.2, 0) is 21.0 Å². The number of carbonyl (C=O) groups is 3. The minimum Gasteiger partial charge on any atom is -0.501 e. The molecule has 0 atom stereocenters. The van der Waals surface area contributed by atoms with E-state index >= 15 is 0 Å². The summed E-state index contributed by atoms with van der Waals surface area (Å²) in [5.74, 6) is -3.08. The van der Waals surface area contributed by atoms with Gasteiger partial charge in [0.25, 0.3) is 5.56 Å². The van der Waals surface area contributed by atoms with Crippen molar-refractivity contribution in [3.8, 4) is 5.75 Å². The summed E-state index contributed by atoms with van der Waals surface area (Å²) in [4.78, 5) is 58.6. The Bertz CT molecular complexity index is 854. The van der Waals surface area contributed by atoms with Crippen LogP contribution in [0.4, 0.5) is 0 Å². The van der Waals surface area contributed by atoms with E-state index in [0.29, 0.717) is 23.4 Å². The highest BCUT2D eigenvalue weighted by Crippen LogP contribution is 2.39. The van der Waals surface area contributed by atoms with Gasteiger partial charge in [-0.15, -0.1) is 0 Å². The molecule has 1 aromatic heterocycles. The first kappa shape index (κ1) is 18.9. The molecular formula is C17H22N4O6. The quantitative estimate of drug-likeness (QED) is 0.533. The van der Waals surface area contributed by atoms with Crippen LogP contribution in [-0.4, -0.2) is 63.5 Å². The fraction of sp³-hybridized carbons (Fsp3) is 0.588. The van der Waals surface area contributed by atoms with E-state index in [1.807, 2.05) is 0 Å². The van der Waals surface area contributed by atoms with Gasteiger partial charge in [-0.1, -0.05) is 0 Å². The van der Waals surface area contributed by atoms with Gasteiger partial charge in [0, 0.05) is 33.6 Å². The van der Waals surface area contributed by atoms with Crippen molar-refractivity contribution >= 4 is 17.8 Å². The Balaban J connectivity index is 1.89. The van der Waals surface area contributed by atoms with Gasteiger partial charge in [-0.3, -0.25) is 19.0 Å². The fourth-order valence-corrected chi connectivity index (χ4v) is 3.59. The van der Waals surface area contributed by atoms with Crippen molar-refractivity contribution in [2.45, 2.75) is 38.1 Å². The van der Waals surface area contributed by atoms with Crippen LogP contribution in [0.1, 0.15) is 47.9 Å². The third kappa shape index (κ3) is 3.38. The largest absolute Gasteiger partial charge is 0.501 e. The molecule has 1 aliphatic carbocycles. The smallest absolute Gasteiger partial charge is 0.385 e. The number of fused-ring (bicyclic) bond motifs is 2. The monoisotopic (exact) mass is 378 g/mol. The lowest BCUT2D eigenvalue weighted by molar-refractivity contribution is -0.170. The molecule has 0 radical (unpaired) electrons. The van der Waals surface area contributed by atoms with Crippen LogP contribution in [0.5, 0.6) is 5.75 Å². The van der Waals surface area contributed by atoms with E-state index in [-0.39, 0.29) is 5.92 Å². The molecular weight excluding hydrogens is 356 g/mol. The number of amides is 2. The van der Waals surface area contributed by atoms with Crippen LogP contribution < -0.4 is 5.56 Å². The molecule has 0 spiro atoms.